The van der Waals surface area contributed by atoms with Crippen LogP contribution in [-0.4, -0.2) is 40.4 Å². The molecule has 0 saturated carbocycles. The zero-order chi connectivity index (χ0) is 21.0. The van der Waals surface area contributed by atoms with E-state index in [1.54, 1.807) is 18.4 Å². The van der Waals surface area contributed by atoms with E-state index in [1.807, 2.05) is 46.4 Å². The lowest BCUT2D eigenvalue weighted by Crippen LogP contribution is -2.44. The van der Waals surface area contributed by atoms with E-state index in [0.29, 0.717) is 38.6 Å². The summed E-state index contributed by atoms with van der Waals surface area (Å²) in [4.78, 5) is 29.9. The number of benzene rings is 1. The number of ether oxygens (including phenoxy) is 1. The van der Waals surface area contributed by atoms with Gasteiger partial charge in [0, 0.05) is 49.1 Å². The van der Waals surface area contributed by atoms with Crippen molar-refractivity contribution >= 4 is 28.1 Å². The van der Waals surface area contributed by atoms with E-state index in [-0.39, 0.29) is 17.4 Å². The smallest absolute Gasteiger partial charge is 0.220 e. The van der Waals surface area contributed by atoms with E-state index in [9.17, 15) is 9.59 Å². The first-order valence-electron chi connectivity index (χ1n) is 10.2. The number of methoxy groups -OCH3 is 1. The minimum Gasteiger partial charge on any atom is -0.497 e. The first kappa shape index (κ1) is 20.4. The van der Waals surface area contributed by atoms with Gasteiger partial charge in [-0.1, -0.05) is 12.1 Å². The number of imidazole rings is 1. The van der Waals surface area contributed by atoms with E-state index in [4.69, 9.17) is 4.74 Å². The molecule has 30 heavy (non-hydrogen) atoms. The number of hydrogen-bond acceptors (Lipinski definition) is 5. The zero-order valence-corrected chi connectivity index (χ0v) is 17.8. The molecule has 0 radical (unpaired) electrons. The number of carbonyl (C=O) groups is 2. The van der Waals surface area contributed by atoms with Crippen LogP contribution in [0.5, 0.6) is 5.75 Å². The third-order valence-corrected chi connectivity index (χ3v) is 6.36. The Morgan fingerprint density at radius 3 is 3.10 bits per heavy atom. The lowest BCUT2D eigenvalue weighted by Gasteiger charge is -2.29. The van der Waals surface area contributed by atoms with Crippen molar-refractivity contribution in [1.29, 1.82) is 0 Å². The van der Waals surface area contributed by atoms with E-state index in [1.165, 1.54) is 0 Å². The van der Waals surface area contributed by atoms with E-state index >= 15 is 0 Å². The van der Waals surface area contributed by atoms with Crippen LogP contribution in [0, 0.1) is 0 Å². The molecule has 1 atom stereocenters. The van der Waals surface area contributed by atoms with Gasteiger partial charge in [0.05, 0.1) is 12.8 Å². The second kappa shape index (κ2) is 8.87. The SMILES string of the molecule is COc1cccc(C[C@@]2(CCC(=O)NCCc3cn4ccsc4n3)CCC(=O)N2)c1. The molecule has 7 nitrogen and oxygen atoms in total. The van der Waals surface area contributed by atoms with Gasteiger partial charge in [-0.3, -0.25) is 14.0 Å². The van der Waals surface area contributed by atoms with Crippen molar-refractivity contribution in [1.82, 2.24) is 20.0 Å². The van der Waals surface area contributed by atoms with Gasteiger partial charge in [0.25, 0.3) is 0 Å². The number of nitrogens with zero attached hydrogens (tertiary/aromatic N) is 2. The van der Waals surface area contributed by atoms with Gasteiger partial charge in [0.1, 0.15) is 5.75 Å². The van der Waals surface area contributed by atoms with Crippen molar-refractivity contribution in [3.05, 3.63) is 53.3 Å². The van der Waals surface area contributed by atoms with Crippen molar-refractivity contribution in [2.45, 2.75) is 44.1 Å². The van der Waals surface area contributed by atoms with Crippen LogP contribution in [0.1, 0.15) is 36.9 Å². The summed E-state index contributed by atoms with van der Waals surface area (Å²) in [5, 5.41) is 8.11. The highest BCUT2D eigenvalue weighted by atomic mass is 32.1. The van der Waals surface area contributed by atoms with Gasteiger partial charge < -0.3 is 15.4 Å². The number of rotatable bonds is 9. The van der Waals surface area contributed by atoms with Crippen LogP contribution in [0.25, 0.3) is 4.96 Å². The predicted molar refractivity (Wildman–Crippen MR) is 116 cm³/mol. The van der Waals surface area contributed by atoms with Crippen LogP contribution >= 0.6 is 11.3 Å². The van der Waals surface area contributed by atoms with Gasteiger partial charge in [-0.25, -0.2) is 4.98 Å². The average Bonchev–Trinajstić information content (AvgIpc) is 3.42. The van der Waals surface area contributed by atoms with Crippen molar-refractivity contribution in [3.8, 4) is 5.75 Å². The Morgan fingerprint density at radius 2 is 2.33 bits per heavy atom. The topological polar surface area (TPSA) is 84.7 Å². The summed E-state index contributed by atoms with van der Waals surface area (Å²) in [6, 6.07) is 7.87. The third-order valence-electron chi connectivity index (χ3n) is 5.59. The number of carbonyl (C=O) groups excluding carboxylic acids is 2. The number of fused-ring (bicyclic) bond motifs is 1. The van der Waals surface area contributed by atoms with Crippen molar-refractivity contribution in [2.24, 2.45) is 0 Å². The van der Waals surface area contributed by atoms with Gasteiger partial charge in [0.2, 0.25) is 11.8 Å². The fourth-order valence-corrected chi connectivity index (χ4v) is 4.74. The van der Waals surface area contributed by atoms with E-state index in [2.05, 4.69) is 15.6 Å². The van der Waals surface area contributed by atoms with Gasteiger partial charge in [-0.2, -0.15) is 0 Å². The minimum atomic E-state index is -0.380. The lowest BCUT2D eigenvalue weighted by atomic mass is 9.85. The molecule has 1 aliphatic rings. The summed E-state index contributed by atoms with van der Waals surface area (Å²) >= 11 is 1.59. The predicted octanol–water partition coefficient (Wildman–Crippen LogP) is 2.73. The molecule has 1 saturated heterocycles. The molecule has 0 spiro atoms. The molecule has 0 unspecified atom stereocenters. The largest absolute Gasteiger partial charge is 0.497 e. The van der Waals surface area contributed by atoms with Gasteiger partial charge in [0.15, 0.2) is 4.96 Å². The van der Waals surface area contributed by atoms with Crippen molar-refractivity contribution in [2.75, 3.05) is 13.7 Å². The summed E-state index contributed by atoms with van der Waals surface area (Å²) in [6.07, 6.45) is 7.59. The molecule has 3 aromatic rings. The normalized spacial score (nSPS) is 18.5. The molecule has 2 amide bonds. The number of nitrogens with one attached hydrogen (secondary N) is 2. The van der Waals surface area contributed by atoms with Crippen molar-refractivity contribution < 1.29 is 14.3 Å². The van der Waals surface area contributed by atoms with Crippen LogP contribution in [0.4, 0.5) is 0 Å². The Hall–Kier alpha value is -2.87. The fourth-order valence-electron chi connectivity index (χ4n) is 4.02. The van der Waals surface area contributed by atoms with Crippen LogP contribution in [-0.2, 0) is 22.4 Å². The number of thiazole rings is 1. The van der Waals surface area contributed by atoms with Crippen LogP contribution in [0.15, 0.2) is 42.0 Å². The average molecular weight is 427 g/mol. The minimum absolute atomic E-state index is 0.00203. The molecule has 4 rings (SSSR count). The highest BCUT2D eigenvalue weighted by Gasteiger charge is 2.37. The molecule has 8 heteroatoms. The van der Waals surface area contributed by atoms with Gasteiger partial charge >= 0.3 is 0 Å². The maximum atomic E-state index is 12.4. The summed E-state index contributed by atoms with van der Waals surface area (Å²) in [6.45, 7) is 0.554. The Bertz CT molecular complexity index is 1020. The third kappa shape index (κ3) is 4.81. The molecule has 158 valence electrons. The van der Waals surface area contributed by atoms with Gasteiger partial charge in [-0.15, -0.1) is 11.3 Å². The summed E-state index contributed by atoms with van der Waals surface area (Å²) in [7, 11) is 1.64. The Labute approximate surface area is 179 Å². The maximum absolute atomic E-state index is 12.4. The van der Waals surface area contributed by atoms with E-state index in [0.717, 1.165) is 28.4 Å². The fraction of sp³-hybridized carbons (Fsp3) is 0.409. The highest BCUT2D eigenvalue weighted by Crippen LogP contribution is 2.30. The van der Waals surface area contributed by atoms with Crippen LogP contribution in [0.2, 0.25) is 0 Å². The number of amides is 2. The Kier molecular flexibility index (Phi) is 6.03. The number of hydrogen-bond donors (Lipinski definition) is 2. The Balaban J connectivity index is 1.30. The molecule has 1 fully saturated rings. The van der Waals surface area contributed by atoms with E-state index < -0.39 is 0 Å². The molecule has 2 aromatic heterocycles. The summed E-state index contributed by atoms with van der Waals surface area (Å²) in [5.41, 5.74) is 1.69. The zero-order valence-electron chi connectivity index (χ0n) is 17.0. The second-order valence-electron chi connectivity index (χ2n) is 7.78. The summed E-state index contributed by atoms with van der Waals surface area (Å²) < 4.78 is 7.30. The lowest BCUT2D eigenvalue weighted by molar-refractivity contribution is -0.122. The highest BCUT2D eigenvalue weighted by molar-refractivity contribution is 7.15. The van der Waals surface area contributed by atoms with Crippen molar-refractivity contribution in [3.63, 3.8) is 0 Å². The molecule has 2 N–H and O–H groups in total. The standard InChI is InChI=1S/C22H26N4O3S/c1-29-18-4-2-3-16(13-18)14-22(9-6-20(28)25-22)8-5-19(27)23-10-7-17-15-26-11-12-30-21(26)24-17/h2-4,11-13,15H,5-10,14H2,1H3,(H,23,27)(H,25,28)/t22-/m1/s1. The first-order valence-corrected chi connectivity index (χ1v) is 11.0. The molecule has 1 aromatic carbocycles. The quantitative estimate of drug-likeness (QED) is 0.551. The molecule has 1 aliphatic heterocycles. The monoisotopic (exact) mass is 426 g/mol. The molecule has 0 aliphatic carbocycles. The van der Waals surface area contributed by atoms with Gasteiger partial charge in [-0.05, 0) is 37.0 Å². The summed E-state index contributed by atoms with van der Waals surface area (Å²) in [5.74, 6) is 0.851. The number of aromatic nitrogens is 2. The molecular weight excluding hydrogens is 400 g/mol. The first-order chi connectivity index (χ1) is 14.5. The maximum Gasteiger partial charge on any atom is 0.220 e. The molecule has 3 heterocycles. The molecule has 0 bridgehead atoms. The van der Waals surface area contributed by atoms with Crippen LogP contribution in [0.3, 0.4) is 0 Å². The second-order valence-corrected chi connectivity index (χ2v) is 8.65. The van der Waals surface area contributed by atoms with Crippen LogP contribution < -0.4 is 15.4 Å². The molecular formula is C22H26N4O3S. The Morgan fingerprint density at radius 1 is 1.43 bits per heavy atom.